The number of nitrogens with zero attached hydrogens (tertiary/aromatic N) is 2. The first kappa shape index (κ1) is 14.0. The van der Waals surface area contributed by atoms with E-state index in [1.165, 1.54) is 0 Å². The summed E-state index contributed by atoms with van der Waals surface area (Å²) in [5, 5.41) is 8.60. The number of sulfonamides is 1. The van der Waals surface area contributed by atoms with Crippen molar-refractivity contribution in [2.75, 3.05) is 13.1 Å². The van der Waals surface area contributed by atoms with Gasteiger partial charge < -0.3 is 0 Å². The number of nitriles is 1. The molecule has 0 saturated carbocycles. The van der Waals surface area contributed by atoms with Crippen LogP contribution in [0.2, 0.25) is 0 Å². The standard InChI is InChI=1S/C14H18N2O2S/c1-11-9-16(10-12(11)2)19(17,18)14-5-3-13(4-6-14)7-8-15/h3-6,11-12H,7,9-10H2,1-2H3. The zero-order valence-corrected chi connectivity index (χ0v) is 12.0. The van der Waals surface area contributed by atoms with E-state index in [4.69, 9.17) is 5.26 Å². The van der Waals surface area contributed by atoms with Crippen molar-refractivity contribution < 1.29 is 8.42 Å². The number of benzene rings is 1. The first-order chi connectivity index (χ1) is 8.95. The van der Waals surface area contributed by atoms with E-state index in [0.29, 0.717) is 36.2 Å². The van der Waals surface area contributed by atoms with Crippen LogP contribution < -0.4 is 0 Å². The lowest BCUT2D eigenvalue weighted by Gasteiger charge is -2.16. The van der Waals surface area contributed by atoms with E-state index in [-0.39, 0.29) is 0 Å². The molecule has 1 aromatic rings. The summed E-state index contributed by atoms with van der Waals surface area (Å²) in [5.41, 5.74) is 0.838. The lowest BCUT2D eigenvalue weighted by Crippen LogP contribution is -2.29. The van der Waals surface area contributed by atoms with Crippen LogP contribution in [0.5, 0.6) is 0 Å². The molecule has 102 valence electrons. The minimum absolute atomic E-state index is 0.304. The Morgan fingerprint density at radius 2 is 1.74 bits per heavy atom. The van der Waals surface area contributed by atoms with Crippen LogP contribution in [0.3, 0.4) is 0 Å². The molecule has 2 atom stereocenters. The van der Waals surface area contributed by atoms with Crippen molar-refractivity contribution in [2.24, 2.45) is 11.8 Å². The van der Waals surface area contributed by atoms with Crippen LogP contribution in [0.4, 0.5) is 0 Å². The second kappa shape index (κ2) is 5.32. The van der Waals surface area contributed by atoms with E-state index in [2.05, 4.69) is 13.8 Å². The fourth-order valence-electron chi connectivity index (χ4n) is 2.29. The molecule has 2 rings (SSSR count). The number of rotatable bonds is 3. The summed E-state index contributed by atoms with van der Waals surface area (Å²) in [7, 11) is -3.39. The van der Waals surface area contributed by atoms with Gasteiger partial charge in [0.1, 0.15) is 0 Å². The monoisotopic (exact) mass is 278 g/mol. The summed E-state index contributed by atoms with van der Waals surface area (Å²) in [6.45, 7) is 5.33. The first-order valence-electron chi connectivity index (χ1n) is 6.41. The van der Waals surface area contributed by atoms with Gasteiger partial charge in [-0.05, 0) is 29.5 Å². The SMILES string of the molecule is CC1CN(S(=O)(=O)c2ccc(CC#N)cc2)CC1C. The lowest BCUT2D eigenvalue weighted by molar-refractivity contribution is 0.463. The molecule has 0 bridgehead atoms. The van der Waals surface area contributed by atoms with Crippen LogP contribution in [-0.4, -0.2) is 25.8 Å². The van der Waals surface area contributed by atoms with Gasteiger partial charge in [-0.1, -0.05) is 26.0 Å². The summed E-state index contributed by atoms with van der Waals surface area (Å²) in [6.07, 6.45) is 0.304. The van der Waals surface area contributed by atoms with Gasteiger partial charge in [0.05, 0.1) is 17.4 Å². The van der Waals surface area contributed by atoms with Crippen molar-refractivity contribution >= 4 is 10.0 Å². The third kappa shape index (κ3) is 2.80. The molecule has 2 unspecified atom stereocenters. The minimum Gasteiger partial charge on any atom is -0.207 e. The number of hydrogen-bond donors (Lipinski definition) is 0. The Kier molecular flexibility index (Phi) is 3.93. The van der Waals surface area contributed by atoms with Crippen LogP contribution in [0.25, 0.3) is 0 Å². The van der Waals surface area contributed by atoms with Crippen molar-refractivity contribution in [1.82, 2.24) is 4.31 Å². The lowest BCUT2D eigenvalue weighted by atomic mass is 10.0. The molecule has 0 aliphatic carbocycles. The van der Waals surface area contributed by atoms with E-state index < -0.39 is 10.0 Å². The van der Waals surface area contributed by atoms with E-state index in [0.717, 1.165) is 5.56 Å². The van der Waals surface area contributed by atoms with Gasteiger partial charge in [-0.2, -0.15) is 9.57 Å². The minimum atomic E-state index is -3.39. The summed E-state index contributed by atoms with van der Waals surface area (Å²) >= 11 is 0. The van der Waals surface area contributed by atoms with E-state index in [9.17, 15) is 8.42 Å². The highest BCUT2D eigenvalue weighted by atomic mass is 32.2. The van der Waals surface area contributed by atoms with Crippen LogP contribution in [0, 0.1) is 23.2 Å². The Morgan fingerprint density at radius 1 is 1.21 bits per heavy atom. The third-order valence-corrected chi connectivity index (χ3v) is 5.64. The second-order valence-corrected chi connectivity index (χ2v) is 7.19. The maximum absolute atomic E-state index is 12.5. The first-order valence-corrected chi connectivity index (χ1v) is 7.85. The fraction of sp³-hybridized carbons (Fsp3) is 0.500. The maximum atomic E-state index is 12.5. The van der Waals surface area contributed by atoms with Crippen molar-refractivity contribution in [2.45, 2.75) is 25.2 Å². The summed E-state index contributed by atoms with van der Waals surface area (Å²) in [6, 6.07) is 8.65. The molecule has 4 nitrogen and oxygen atoms in total. The average Bonchev–Trinajstić information content (AvgIpc) is 2.71. The van der Waals surface area contributed by atoms with Crippen molar-refractivity contribution in [3.05, 3.63) is 29.8 Å². The second-order valence-electron chi connectivity index (χ2n) is 5.26. The normalized spacial score (nSPS) is 24.3. The Balaban J connectivity index is 2.23. The largest absolute Gasteiger partial charge is 0.243 e. The van der Waals surface area contributed by atoms with Crippen LogP contribution in [0.15, 0.2) is 29.2 Å². The van der Waals surface area contributed by atoms with Gasteiger partial charge in [0.15, 0.2) is 0 Å². The Morgan fingerprint density at radius 3 is 2.21 bits per heavy atom. The Labute approximate surface area is 114 Å². The Hall–Kier alpha value is -1.38. The summed E-state index contributed by atoms with van der Waals surface area (Å²) in [4.78, 5) is 0.315. The molecule has 0 N–H and O–H groups in total. The molecule has 1 aliphatic heterocycles. The molecule has 0 radical (unpaired) electrons. The third-order valence-electron chi connectivity index (χ3n) is 3.80. The van der Waals surface area contributed by atoms with Gasteiger partial charge in [0.2, 0.25) is 10.0 Å². The van der Waals surface area contributed by atoms with Crippen molar-refractivity contribution in [3.63, 3.8) is 0 Å². The topological polar surface area (TPSA) is 61.2 Å². The molecule has 5 heteroatoms. The van der Waals surface area contributed by atoms with Crippen LogP contribution >= 0.6 is 0 Å². The van der Waals surface area contributed by atoms with Gasteiger partial charge in [0.25, 0.3) is 0 Å². The van der Waals surface area contributed by atoms with Gasteiger partial charge in [-0.15, -0.1) is 0 Å². The van der Waals surface area contributed by atoms with Gasteiger partial charge in [0, 0.05) is 13.1 Å². The zero-order chi connectivity index (χ0) is 14.0. The van der Waals surface area contributed by atoms with E-state index in [1.807, 2.05) is 6.07 Å². The molecule has 19 heavy (non-hydrogen) atoms. The highest BCUT2D eigenvalue weighted by Gasteiger charge is 2.34. The predicted octanol–water partition coefficient (Wildman–Crippen LogP) is 2.03. The maximum Gasteiger partial charge on any atom is 0.243 e. The molecular formula is C14H18N2O2S. The molecule has 1 aliphatic rings. The summed E-state index contributed by atoms with van der Waals surface area (Å²) in [5.74, 6) is 0.792. The Bertz CT molecular complexity index is 577. The molecule has 0 amide bonds. The summed E-state index contributed by atoms with van der Waals surface area (Å²) < 4.78 is 26.5. The van der Waals surface area contributed by atoms with Gasteiger partial charge in [-0.3, -0.25) is 0 Å². The van der Waals surface area contributed by atoms with Crippen LogP contribution in [0.1, 0.15) is 19.4 Å². The molecule has 0 aromatic heterocycles. The average molecular weight is 278 g/mol. The number of hydrogen-bond acceptors (Lipinski definition) is 3. The van der Waals surface area contributed by atoms with Gasteiger partial charge in [-0.25, -0.2) is 8.42 Å². The fourth-order valence-corrected chi connectivity index (χ4v) is 3.93. The molecule has 1 aromatic carbocycles. The molecule has 1 heterocycles. The van der Waals surface area contributed by atoms with E-state index >= 15 is 0 Å². The molecule has 1 fully saturated rings. The van der Waals surface area contributed by atoms with Crippen LogP contribution in [-0.2, 0) is 16.4 Å². The molecular weight excluding hydrogens is 260 g/mol. The quantitative estimate of drug-likeness (QED) is 0.850. The predicted molar refractivity (Wildman–Crippen MR) is 72.8 cm³/mol. The van der Waals surface area contributed by atoms with Crippen molar-refractivity contribution in [1.29, 1.82) is 5.26 Å². The highest BCUT2D eigenvalue weighted by Crippen LogP contribution is 2.28. The van der Waals surface area contributed by atoms with Crippen molar-refractivity contribution in [3.8, 4) is 6.07 Å². The molecule has 0 spiro atoms. The highest BCUT2D eigenvalue weighted by molar-refractivity contribution is 7.89. The van der Waals surface area contributed by atoms with Gasteiger partial charge >= 0.3 is 0 Å². The molecule has 1 saturated heterocycles. The van der Waals surface area contributed by atoms with E-state index in [1.54, 1.807) is 28.6 Å². The zero-order valence-electron chi connectivity index (χ0n) is 11.2. The smallest absolute Gasteiger partial charge is 0.207 e.